The van der Waals surface area contributed by atoms with Crippen molar-refractivity contribution in [2.75, 3.05) is 31.3 Å². The van der Waals surface area contributed by atoms with Gasteiger partial charge in [-0.25, -0.2) is 0 Å². The Labute approximate surface area is 99.9 Å². The molecule has 6 nitrogen and oxygen atoms in total. The number of nitrogens with two attached hydrogens (primary N) is 1. The zero-order valence-electron chi connectivity index (χ0n) is 9.97. The zero-order valence-corrected chi connectivity index (χ0v) is 9.97. The number of rotatable bonds is 6. The first-order valence-electron chi connectivity index (χ1n) is 5.31. The van der Waals surface area contributed by atoms with Crippen molar-refractivity contribution in [2.24, 2.45) is 5.92 Å². The van der Waals surface area contributed by atoms with Gasteiger partial charge in [-0.2, -0.15) is 0 Å². The van der Waals surface area contributed by atoms with E-state index in [1.165, 1.54) is 6.07 Å². The number of nitrogen functional groups attached to an aromatic ring is 1. The first-order valence-corrected chi connectivity index (χ1v) is 5.31. The van der Waals surface area contributed by atoms with Gasteiger partial charge in [0.1, 0.15) is 5.69 Å². The number of hydrogen-bond acceptors (Lipinski definition) is 5. The van der Waals surface area contributed by atoms with Crippen molar-refractivity contribution < 1.29 is 9.66 Å². The largest absolute Gasteiger partial charge is 0.393 e. The molecule has 17 heavy (non-hydrogen) atoms. The fraction of sp³-hybridized carbons (Fsp3) is 0.455. The highest BCUT2D eigenvalue weighted by atomic mass is 16.6. The smallest absolute Gasteiger partial charge is 0.292 e. The fourth-order valence-corrected chi connectivity index (χ4v) is 1.47. The Morgan fingerprint density at radius 3 is 2.82 bits per heavy atom. The molecule has 1 unspecified atom stereocenters. The van der Waals surface area contributed by atoms with E-state index < -0.39 is 4.92 Å². The van der Waals surface area contributed by atoms with Crippen molar-refractivity contribution in [3.8, 4) is 0 Å². The highest BCUT2D eigenvalue weighted by Gasteiger charge is 2.11. The average molecular weight is 239 g/mol. The molecule has 0 aliphatic carbocycles. The van der Waals surface area contributed by atoms with Crippen LogP contribution in [0.25, 0.3) is 0 Å². The van der Waals surface area contributed by atoms with E-state index in [9.17, 15) is 10.1 Å². The highest BCUT2D eigenvalue weighted by molar-refractivity contribution is 5.65. The Hall–Kier alpha value is -1.82. The molecule has 1 aromatic carbocycles. The summed E-state index contributed by atoms with van der Waals surface area (Å²) in [6.07, 6.45) is 0. The van der Waals surface area contributed by atoms with Crippen molar-refractivity contribution in [2.45, 2.75) is 6.92 Å². The molecule has 0 fully saturated rings. The van der Waals surface area contributed by atoms with Crippen LogP contribution in [0.1, 0.15) is 6.92 Å². The molecular formula is C11H17N3O3. The van der Waals surface area contributed by atoms with Crippen LogP contribution in [0.3, 0.4) is 0 Å². The number of nitro benzene ring substituents is 1. The maximum Gasteiger partial charge on any atom is 0.292 e. The van der Waals surface area contributed by atoms with Crippen molar-refractivity contribution in [3.05, 3.63) is 28.3 Å². The zero-order chi connectivity index (χ0) is 12.8. The molecule has 0 amide bonds. The van der Waals surface area contributed by atoms with Gasteiger partial charge >= 0.3 is 0 Å². The van der Waals surface area contributed by atoms with E-state index in [-0.39, 0.29) is 11.4 Å². The third-order valence-electron chi connectivity index (χ3n) is 2.33. The van der Waals surface area contributed by atoms with Gasteiger partial charge in [-0.05, 0) is 18.1 Å². The molecule has 0 saturated carbocycles. The molecule has 0 saturated heterocycles. The molecule has 0 bridgehead atoms. The lowest BCUT2D eigenvalue weighted by atomic mass is 10.2. The number of nitro groups is 1. The minimum absolute atomic E-state index is 0.0690. The summed E-state index contributed by atoms with van der Waals surface area (Å²) >= 11 is 0. The minimum atomic E-state index is -0.493. The van der Waals surface area contributed by atoms with Gasteiger partial charge in [0.2, 0.25) is 0 Å². The minimum Gasteiger partial charge on any atom is -0.393 e. The van der Waals surface area contributed by atoms with E-state index in [0.29, 0.717) is 12.5 Å². The van der Waals surface area contributed by atoms with Crippen molar-refractivity contribution in [1.29, 1.82) is 0 Å². The summed E-state index contributed by atoms with van der Waals surface area (Å²) in [5, 5.41) is 13.7. The van der Waals surface area contributed by atoms with Crippen molar-refractivity contribution in [1.82, 2.24) is 0 Å². The lowest BCUT2D eigenvalue weighted by Crippen LogP contribution is -2.15. The van der Waals surface area contributed by atoms with Crippen LogP contribution in [0.15, 0.2) is 18.2 Å². The lowest BCUT2D eigenvalue weighted by Gasteiger charge is -2.12. The molecule has 1 atom stereocenters. The molecule has 0 aliphatic heterocycles. The van der Waals surface area contributed by atoms with E-state index >= 15 is 0 Å². The second-order valence-corrected chi connectivity index (χ2v) is 3.97. The molecule has 0 radical (unpaired) electrons. The van der Waals surface area contributed by atoms with E-state index in [0.717, 1.165) is 12.2 Å². The predicted molar refractivity (Wildman–Crippen MR) is 67.0 cm³/mol. The van der Waals surface area contributed by atoms with Gasteiger partial charge in [-0.3, -0.25) is 10.1 Å². The molecule has 1 rings (SSSR count). The third-order valence-corrected chi connectivity index (χ3v) is 2.33. The Morgan fingerprint density at radius 1 is 1.59 bits per heavy atom. The molecule has 0 heterocycles. The molecule has 0 aliphatic rings. The first-order chi connectivity index (χ1) is 8.04. The Balaban J connectivity index is 2.62. The maximum atomic E-state index is 10.6. The van der Waals surface area contributed by atoms with Gasteiger partial charge in [0, 0.05) is 25.4 Å². The first kappa shape index (κ1) is 13.2. The third kappa shape index (κ3) is 3.92. The van der Waals surface area contributed by atoms with E-state index in [2.05, 4.69) is 5.32 Å². The normalized spacial score (nSPS) is 12.1. The van der Waals surface area contributed by atoms with Crippen molar-refractivity contribution >= 4 is 17.1 Å². The second-order valence-electron chi connectivity index (χ2n) is 3.97. The Morgan fingerprint density at radius 2 is 2.29 bits per heavy atom. The van der Waals surface area contributed by atoms with E-state index in [1.807, 2.05) is 6.92 Å². The lowest BCUT2D eigenvalue weighted by molar-refractivity contribution is -0.383. The molecule has 0 spiro atoms. The van der Waals surface area contributed by atoms with Crippen LogP contribution in [-0.4, -0.2) is 25.2 Å². The number of hydrogen-bond donors (Lipinski definition) is 2. The van der Waals surface area contributed by atoms with Crippen LogP contribution in [-0.2, 0) is 4.74 Å². The summed E-state index contributed by atoms with van der Waals surface area (Å²) in [7, 11) is 1.65. The second kappa shape index (κ2) is 6.05. The summed E-state index contributed by atoms with van der Waals surface area (Å²) in [5.41, 5.74) is 6.45. The Bertz CT molecular complexity index is 396. The maximum absolute atomic E-state index is 10.6. The predicted octanol–water partition coefficient (Wildman–Crippen LogP) is 1.87. The van der Waals surface area contributed by atoms with E-state index in [1.54, 1.807) is 19.2 Å². The molecule has 6 heteroatoms. The number of nitrogens with one attached hydrogen (secondary N) is 1. The number of benzene rings is 1. The van der Waals surface area contributed by atoms with Crippen LogP contribution < -0.4 is 11.1 Å². The van der Waals surface area contributed by atoms with Crippen LogP contribution >= 0.6 is 0 Å². The van der Waals surface area contributed by atoms with Gasteiger partial charge in [-0.1, -0.05) is 6.92 Å². The SMILES string of the molecule is COCC(C)CNc1ccc([N+](=O)[O-])c(N)c1. The number of anilines is 2. The van der Waals surface area contributed by atoms with Crippen LogP contribution in [0.2, 0.25) is 0 Å². The summed E-state index contributed by atoms with van der Waals surface area (Å²) in [6.45, 7) is 3.44. The van der Waals surface area contributed by atoms with Crippen LogP contribution in [0.4, 0.5) is 17.1 Å². The summed E-state index contributed by atoms with van der Waals surface area (Å²) in [5.74, 6) is 0.358. The molecular weight excluding hydrogens is 222 g/mol. The summed E-state index contributed by atoms with van der Waals surface area (Å²) in [4.78, 5) is 10.1. The number of ether oxygens (including phenoxy) is 1. The van der Waals surface area contributed by atoms with Gasteiger partial charge in [0.15, 0.2) is 0 Å². The number of methoxy groups -OCH3 is 1. The fourth-order valence-electron chi connectivity index (χ4n) is 1.47. The highest BCUT2D eigenvalue weighted by Crippen LogP contribution is 2.24. The van der Waals surface area contributed by atoms with Crippen molar-refractivity contribution in [3.63, 3.8) is 0 Å². The summed E-state index contributed by atoms with van der Waals surface area (Å²) < 4.78 is 5.01. The van der Waals surface area contributed by atoms with Gasteiger partial charge < -0.3 is 15.8 Å². The average Bonchev–Trinajstić information content (AvgIpc) is 2.26. The van der Waals surface area contributed by atoms with Crippen LogP contribution in [0.5, 0.6) is 0 Å². The van der Waals surface area contributed by atoms with Gasteiger partial charge in [-0.15, -0.1) is 0 Å². The standard InChI is InChI=1S/C11H17N3O3/c1-8(7-17-2)6-13-9-3-4-11(14(15)16)10(12)5-9/h3-5,8,13H,6-7,12H2,1-2H3. The van der Waals surface area contributed by atoms with Crippen LogP contribution in [0, 0.1) is 16.0 Å². The van der Waals surface area contributed by atoms with Gasteiger partial charge in [0.05, 0.1) is 11.5 Å². The Kier molecular flexibility index (Phi) is 4.71. The number of nitrogens with zero attached hydrogens (tertiary/aromatic N) is 1. The topological polar surface area (TPSA) is 90.4 Å². The monoisotopic (exact) mass is 239 g/mol. The molecule has 3 N–H and O–H groups in total. The summed E-state index contributed by atoms with van der Waals surface area (Å²) in [6, 6.07) is 4.62. The quantitative estimate of drug-likeness (QED) is 0.449. The molecule has 0 aromatic heterocycles. The van der Waals surface area contributed by atoms with E-state index in [4.69, 9.17) is 10.5 Å². The molecule has 94 valence electrons. The molecule has 1 aromatic rings. The van der Waals surface area contributed by atoms with Gasteiger partial charge in [0.25, 0.3) is 5.69 Å².